The predicted octanol–water partition coefficient (Wildman–Crippen LogP) is 3.46. The number of hydrogen-bond donors (Lipinski definition) is 8. The van der Waals surface area contributed by atoms with E-state index < -0.39 is 83.4 Å². The van der Waals surface area contributed by atoms with Gasteiger partial charge in [0.05, 0.1) is 24.3 Å². The first-order valence-corrected chi connectivity index (χ1v) is 21.1. The molecule has 0 spiro atoms. The van der Waals surface area contributed by atoms with Gasteiger partial charge in [0.1, 0.15) is 12.6 Å². The van der Waals surface area contributed by atoms with Gasteiger partial charge in [-0.1, -0.05) is 54.5 Å². The molecule has 1 atom stereocenters. The summed E-state index contributed by atoms with van der Waals surface area (Å²) in [6.45, 7) is 20.9. The van der Waals surface area contributed by atoms with Gasteiger partial charge in [0, 0.05) is 67.8 Å². The molecule has 9 N–H and O–H groups in total. The third-order valence-corrected chi connectivity index (χ3v) is 9.33. The summed E-state index contributed by atoms with van der Waals surface area (Å²) in [5.74, 6) is -2.86. The number of carboxylic acid groups (broad SMARTS) is 1. The lowest BCUT2D eigenvalue weighted by Crippen LogP contribution is -2.54. The van der Waals surface area contributed by atoms with Gasteiger partial charge in [-0.15, -0.1) is 0 Å². The van der Waals surface area contributed by atoms with Crippen molar-refractivity contribution in [3.8, 4) is 0 Å². The Bertz CT molecular complexity index is 1740. The maximum atomic E-state index is 13.3. The first-order valence-electron chi connectivity index (χ1n) is 21.1. The van der Waals surface area contributed by atoms with Crippen molar-refractivity contribution in [2.24, 2.45) is 23.0 Å². The van der Waals surface area contributed by atoms with Crippen LogP contribution < -0.4 is 32.3 Å². The van der Waals surface area contributed by atoms with Gasteiger partial charge in [0.15, 0.2) is 0 Å². The highest BCUT2D eigenvalue weighted by atomic mass is 16.7. The van der Waals surface area contributed by atoms with E-state index in [0.29, 0.717) is 19.1 Å². The maximum Gasteiger partial charge on any atom is 0.506 e. The molecule has 8 amide bonds. The highest BCUT2D eigenvalue weighted by Crippen LogP contribution is 2.24. The summed E-state index contributed by atoms with van der Waals surface area (Å²) in [5, 5.41) is 29.2. The highest BCUT2D eigenvalue weighted by molar-refractivity contribution is 6.13. The second-order valence-electron chi connectivity index (χ2n) is 17.5. The number of amides is 8. The van der Waals surface area contributed by atoms with Crippen molar-refractivity contribution in [3.05, 3.63) is 41.5 Å². The standard InChI is InChI=1S/C39H59N5O11.C4H10N2O.CH4O/c1-24(2)15-17-54-38(7,8)22-41-33(48)28-19-27(12-11-26(28)21-53-36(51)52)42-29(45)20-40-34(49)32(25(3)4)43-35(50)37(5,6)16-18-55-39(9,10)23-44-30(46)13-14-31(44)47;1-2-3-6-4(5)7;1-2/h11-14,19,24-25,32H,15-18,20-23H2,1-10H3,(H,40,49)(H,41,48)(H,42,45)(H,43,50)(H,51,52);2-3H2,1H3,(H3,5,6,7);2H,1H3. The molecule has 20 heteroatoms. The minimum absolute atomic E-state index is 0.0458. The van der Waals surface area contributed by atoms with Crippen LogP contribution in [0.2, 0.25) is 0 Å². The number of benzene rings is 1. The van der Waals surface area contributed by atoms with Crippen LogP contribution in [0, 0.1) is 17.3 Å². The lowest BCUT2D eigenvalue weighted by molar-refractivity contribution is -0.143. The lowest BCUT2D eigenvalue weighted by Gasteiger charge is -2.32. The van der Waals surface area contributed by atoms with Crippen LogP contribution in [0.3, 0.4) is 0 Å². The van der Waals surface area contributed by atoms with Crippen LogP contribution in [0.25, 0.3) is 0 Å². The van der Waals surface area contributed by atoms with Crippen molar-refractivity contribution < 1.29 is 62.8 Å². The number of urea groups is 1. The zero-order valence-corrected chi connectivity index (χ0v) is 39.6. The van der Waals surface area contributed by atoms with Crippen molar-refractivity contribution in [1.82, 2.24) is 26.2 Å². The average Bonchev–Trinajstić information content (AvgIpc) is 3.51. The normalized spacial score (nSPS) is 13.0. The third kappa shape index (κ3) is 23.2. The van der Waals surface area contributed by atoms with E-state index in [0.717, 1.165) is 24.9 Å². The molecule has 1 aromatic rings. The van der Waals surface area contributed by atoms with Gasteiger partial charge < -0.3 is 56.7 Å². The zero-order chi connectivity index (χ0) is 49.4. The summed E-state index contributed by atoms with van der Waals surface area (Å²) >= 11 is 0. The number of nitrogens with zero attached hydrogens (tertiary/aromatic N) is 1. The van der Waals surface area contributed by atoms with E-state index >= 15 is 0 Å². The van der Waals surface area contributed by atoms with Gasteiger partial charge in [0.2, 0.25) is 17.7 Å². The number of rotatable bonds is 24. The number of nitrogens with two attached hydrogens (primary N) is 1. The topological polar surface area (TPSA) is 294 Å². The molecule has 0 fully saturated rings. The van der Waals surface area contributed by atoms with Crippen LogP contribution in [0.4, 0.5) is 15.3 Å². The van der Waals surface area contributed by atoms with Crippen LogP contribution in [0.15, 0.2) is 30.4 Å². The largest absolute Gasteiger partial charge is 0.506 e. The van der Waals surface area contributed by atoms with Crippen molar-refractivity contribution in [3.63, 3.8) is 0 Å². The van der Waals surface area contributed by atoms with Crippen molar-refractivity contribution >= 4 is 53.3 Å². The average molecular weight is 908 g/mol. The molecule has 0 aliphatic carbocycles. The summed E-state index contributed by atoms with van der Waals surface area (Å²) in [4.78, 5) is 98.7. The Balaban J connectivity index is 0.00000400. The number of imide groups is 1. The zero-order valence-electron chi connectivity index (χ0n) is 39.6. The van der Waals surface area contributed by atoms with E-state index in [2.05, 4.69) is 40.4 Å². The fraction of sp³-hybridized carbons (Fsp3) is 0.636. The van der Waals surface area contributed by atoms with Gasteiger partial charge in [0.25, 0.3) is 17.7 Å². The molecule has 0 aromatic heterocycles. The van der Waals surface area contributed by atoms with Crippen LogP contribution in [-0.2, 0) is 44.8 Å². The summed E-state index contributed by atoms with van der Waals surface area (Å²) in [6, 6.07) is 2.90. The first-order chi connectivity index (χ1) is 29.7. The minimum atomic E-state index is -1.52. The minimum Gasteiger partial charge on any atom is -0.450 e. The summed E-state index contributed by atoms with van der Waals surface area (Å²) < 4.78 is 16.6. The Morgan fingerprint density at radius 3 is 1.95 bits per heavy atom. The molecular weight excluding hydrogens is 835 g/mol. The first kappa shape index (κ1) is 58.4. The number of aliphatic hydroxyl groups excluding tert-OH is 1. The Morgan fingerprint density at radius 1 is 0.844 bits per heavy atom. The monoisotopic (exact) mass is 908 g/mol. The van der Waals surface area contributed by atoms with Gasteiger partial charge in [-0.3, -0.25) is 33.7 Å². The number of hydrogen-bond acceptors (Lipinski definition) is 12. The smallest absolute Gasteiger partial charge is 0.450 e. The Morgan fingerprint density at radius 2 is 1.44 bits per heavy atom. The van der Waals surface area contributed by atoms with Crippen LogP contribution in [0.1, 0.15) is 111 Å². The molecule has 0 bridgehead atoms. The predicted molar refractivity (Wildman–Crippen MR) is 240 cm³/mol. The molecular formula is C44H73N7O13. The van der Waals surface area contributed by atoms with E-state index in [1.807, 2.05) is 20.8 Å². The van der Waals surface area contributed by atoms with E-state index in [-0.39, 0.29) is 48.8 Å². The number of primary amides is 1. The molecule has 1 aliphatic heterocycles. The fourth-order valence-corrected chi connectivity index (χ4v) is 5.45. The van der Waals surface area contributed by atoms with Crippen LogP contribution >= 0.6 is 0 Å². The molecule has 1 aromatic carbocycles. The van der Waals surface area contributed by atoms with Crippen molar-refractivity contribution in [2.75, 3.05) is 51.8 Å². The number of aliphatic hydroxyl groups is 1. The van der Waals surface area contributed by atoms with Crippen molar-refractivity contribution in [2.45, 2.75) is 119 Å². The Hall–Kier alpha value is -5.60. The quantitative estimate of drug-likeness (QED) is 0.0546. The van der Waals surface area contributed by atoms with Crippen LogP contribution in [-0.4, -0.2) is 126 Å². The Labute approximate surface area is 377 Å². The lowest BCUT2D eigenvalue weighted by atomic mass is 9.87. The molecule has 1 heterocycles. The number of anilines is 1. The van der Waals surface area contributed by atoms with E-state index in [1.165, 1.54) is 30.4 Å². The van der Waals surface area contributed by atoms with Crippen molar-refractivity contribution in [1.29, 1.82) is 0 Å². The molecule has 1 aliphatic rings. The molecule has 362 valence electrons. The number of ether oxygens (including phenoxy) is 3. The maximum absolute atomic E-state index is 13.3. The number of nitrogens with one attached hydrogen (secondary N) is 5. The molecule has 2 rings (SSSR count). The summed E-state index contributed by atoms with van der Waals surface area (Å²) in [5.41, 5.74) is 2.78. The molecule has 1 unspecified atom stereocenters. The summed E-state index contributed by atoms with van der Waals surface area (Å²) in [7, 11) is 1.00. The van der Waals surface area contributed by atoms with Gasteiger partial charge >= 0.3 is 12.2 Å². The second kappa shape index (κ2) is 28.2. The van der Waals surface area contributed by atoms with E-state index in [4.69, 9.17) is 30.2 Å². The molecule has 20 nitrogen and oxygen atoms in total. The van der Waals surface area contributed by atoms with E-state index in [1.54, 1.807) is 41.5 Å². The fourth-order valence-electron chi connectivity index (χ4n) is 5.45. The van der Waals surface area contributed by atoms with E-state index in [9.17, 15) is 38.4 Å². The second-order valence-corrected chi connectivity index (χ2v) is 17.5. The Kier molecular flexibility index (Phi) is 25.8. The molecule has 0 saturated heterocycles. The van der Waals surface area contributed by atoms with Crippen LogP contribution in [0.5, 0.6) is 0 Å². The van der Waals surface area contributed by atoms with Gasteiger partial charge in [-0.2, -0.15) is 0 Å². The SMILES string of the molecule is CC(C)CCOC(C)(C)CNC(=O)c1cc(NC(=O)CNC(=O)C(NC(=O)C(C)(C)CCOC(C)(C)CN2C(=O)C=CC2=O)C(C)C)ccc1COC(=O)O.CCCNC(N)=O.CO. The molecule has 64 heavy (non-hydrogen) atoms. The summed E-state index contributed by atoms with van der Waals surface area (Å²) in [6.07, 6.45) is 2.94. The van der Waals surface area contributed by atoms with Gasteiger partial charge in [-0.25, -0.2) is 9.59 Å². The molecule has 0 saturated carbocycles. The van der Waals surface area contributed by atoms with Gasteiger partial charge in [-0.05, 0) is 70.9 Å². The number of carbonyl (C=O) groups is 8. The third-order valence-electron chi connectivity index (χ3n) is 9.33. The molecule has 0 radical (unpaired) electrons. The highest BCUT2D eigenvalue weighted by Gasteiger charge is 2.35. The number of carbonyl (C=O) groups excluding carboxylic acids is 7.